The van der Waals surface area contributed by atoms with E-state index in [9.17, 15) is 4.79 Å². The van der Waals surface area contributed by atoms with Crippen LogP contribution in [0.1, 0.15) is 27.7 Å². The SMILES string of the molecule is CC1(C)OB(c2ccnc(NC=O)c2)OC1(C)C. The zero-order valence-electron chi connectivity index (χ0n) is 11.1. The predicted molar refractivity (Wildman–Crippen MR) is 69.6 cm³/mol. The van der Waals surface area contributed by atoms with Crippen molar-refractivity contribution in [1.82, 2.24) is 4.98 Å². The number of nitrogens with zero attached hydrogens (tertiary/aromatic N) is 1. The van der Waals surface area contributed by atoms with Crippen molar-refractivity contribution in [2.75, 3.05) is 5.32 Å². The summed E-state index contributed by atoms with van der Waals surface area (Å²) in [5, 5.41) is 2.51. The van der Waals surface area contributed by atoms with Crippen molar-refractivity contribution in [2.24, 2.45) is 0 Å². The van der Waals surface area contributed by atoms with Crippen molar-refractivity contribution < 1.29 is 14.1 Å². The highest BCUT2D eigenvalue weighted by Crippen LogP contribution is 2.36. The van der Waals surface area contributed by atoms with E-state index in [4.69, 9.17) is 9.31 Å². The van der Waals surface area contributed by atoms with Crippen LogP contribution in [0.2, 0.25) is 0 Å². The molecule has 1 N–H and O–H groups in total. The third-order valence-corrected chi connectivity index (χ3v) is 3.52. The van der Waals surface area contributed by atoms with Gasteiger partial charge in [-0.2, -0.15) is 0 Å². The Morgan fingerprint density at radius 2 is 1.89 bits per heavy atom. The Morgan fingerprint density at radius 3 is 2.44 bits per heavy atom. The third kappa shape index (κ3) is 2.26. The highest BCUT2D eigenvalue weighted by Gasteiger charge is 2.51. The normalized spacial score (nSPS) is 20.8. The molecule has 1 aliphatic heterocycles. The molecule has 6 heteroatoms. The minimum Gasteiger partial charge on any atom is -0.399 e. The van der Waals surface area contributed by atoms with Gasteiger partial charge in [0, 0.05) is 6.20 Å². The molecule has 1 aromatic rings. The fourth-order valence-corrected chi connectivity index (χ4v) is 1.71. The lowest BCUT2D eigenvalue weighted by molar-refractivity contribution is -0.105. The van der Waals surface area contributed by atoms with Crippen molar-refractivity contribution in [2.45, 2.75) is 38.9 Å². The number of hydrogen-bond acceptors (Lipinski definition) is 4. The molecule has 0 atom stereocenters. The fraction of sp³-hybridized carbons (Fsp3) is 0.500. The average molecular weight is 248 g/mol. The molecule has 0 unspecified atom stereocenters. The molecule has 0 spiro atoms. The highest BCUT2D eigenvalue weighted by atomic mass is 16.7. The smallest absolute Gasteiger partial charge is 0.399 e. The first-order chi connectivity index (χ1) is 8.36. The van der Waals surface area contributed by atoms with E-state index in [0.29, 0.717) is 12.2 Å². The van der Waals surface area contributed by atoms with Crippen LogP contribution in [-0.4, -0.2) is 29.7 Å². The standard InChI is InChI=1S/C12H17BN2O3/c1-11(2)12(3,4)18-13(17-11)9-5-6-14-10(7-9)15-8-16/h5-8H,1-4H3,(H,14,15,16). The Bertz CT molecular complexity index is 446. The lowest BCUT2D eigenvalue weighted by atomic mass is 9.80. The molecule has 0 bridgehead atoms. The quantitative estimate of drug-likeness (QED) is 0.639. The zero-order chi connectivity index (χ0) is 13.4. The van der Waals surface area contributed by atoms with Crippen molar-refractivity contribution >= 4 is 24.8 Å². The van der Waals surface area contributed by atoms with Gasteiger partial charge in [0.2, 0.25) is 6.41 Å². The number of rotatable bonds is 3. The van der Waals surface area contributed by atoms with Gasteiger partial charge in [0.1, 0.15) is 5.82 Å². The molecule has 0 aromatic carbocycles. The Hall–Kier alpha value is -1.40. The van der Waals surface area contributed by atoms with Crippen LogP contribution in [0, 0.1) is 0 Å². The summed E-state index contributed by atoms with van der Waals surface area (Å²) in [5.74, 6) is 0.484. The van der Waals surface area contributed by atoms with Gasteiger partial charge in [0.05, 0.1) is 11.2 Å². The van der Waals surface area contributed by atoms with E-state index in [0.717, 1.165) is 5.46 Å². The molecule has 2 heterocycles. The molecule has 2 rings (SSSR count). The maximum absolute atomic E-state index is 10.4. The van der Waals surface area contributed by atoms with E-state index in [1.54, 1.807) is 12.3 Å². The summed E-state index contributed by atoms with van der Waals surface area (Å²) < 4.78 is 11.8. The second-order valence-electron chi connectivity index (χ2n) is 5.32. The molecular formula is C12H17BN2O3. The maximum atomic E-state index is 10.4. The number of nitrogens with one attached hydrogen (secondary N) is 1. The number of carbonyl (C=O) groups is 1. The van der Waals surface area contributed by atoms with E-state index in [2.05, 4.69) is 10.3 Å². The number of amides is 1. The maximum Gasteiger partial charge on any atom is 0.495 e. The summed E-state index contributed by atoms with van der Waals surface area (Å²) in [7, 11) is -0.440. The van der Waals surface area contributed by atoms with Gasteiger partial charge in [-0.15, -0.1) is 0 Å². The number of carbonyl (C=O) groups excluding carboxylic acids is 1. The van der Waals surface area contributed by atoms with E-state index in [1.165, 1.54) is 0 Å². The Kier molecular flexibility index (Phi) is 3.17. The van der Waals surface area contributed by atoms with Crippen LogP contribution in [0.25, 0.3) is 0 Å². The minimum absolute atomic E-state index is 0.376. The molecule has 1 saturated heterocycles. The molecule has 1 aromatic heterocycles. The summed E-state index contributed by atoms with van der Waals surface area (Å²) in [6, 6.07) is 3.56. The first kappa shape index (κ1) is 13.0. The topological polar surface area (TPSA) is 60.5 Å². The Morgan fingerprint density at radius 1 is 1.28 bits per heavy atom. The van der Waals surface area contributed by atoms with Gasteiger partial charge in [-0.1, -0.05) is 0 Å². The van der Waals surface area contributed by atoms with Crippen LogP contribution in [0.3, 0.4) is 0 Å². The molecule has 1 aliphatic rings. The molecular weight excluding hydrogens is 231 g/mol. The third-order valence-electron chi connectivity index (χ3n) is 3.52. The lowest BCUT2D eigenvalue weighted by Gasteiger charge is -2.32. The lowest BCUT2D eigenvalue weighted by Crippen LogP contribution is -2.41. The summed E-state index contributed by atoms with van der Waals surface area (Å²) >= 11 is 0. The molecule has 0 saturated carbocycles. The fourth-order valence-electron chi connectivity index (χ4n) is 1.71. The van der Waals surface area contributed by atoms with Crippen LogP contribution in [-0.2, 0) is 14.1 Å². The number of pyridine rings is 1. The number of aromatic nitrogens is 1. The molecule has 0 aliphatic carbocycles. The molecule has 0 radical (unpaired) electrons. The van der Waals surface area contributed by atoms with Gasteiger partial charge in [0.15, 0.2) is 0 Å². The van der Waals surface area contributed by atoms with E-state index in [1.807, 2.05) is 33.8 Å². The van der Waals surface area contributed by atoms with Crippen molar-refractivity contribution in [3.05, 3.63) is 18.3 Å². The molecule has 18 heavy (non-hydrogen) atoms. The van der Waals surface area contributed by atoms with E-state index in [-0.39, 0.29) is 11.2 Å². The van der Waals surface area contributed by atoms with Gasteiger partial charge >= 0.3 is 7.12 Å². The van der Waals surface area contributed by atoms with Crippen molar-refractivity contribution in [3.63, 3.8) is 0 Å². The molecule has 1 amide bonds. The minimum atomic E-state index is -0.440. The van der Waals surface area contributed by atoms with E-state index >= 15 is 0 Å². The van der Waals surface area contributed by atoms with Crippen LogP contribution in [0.5, 0.6) is 0 Å². The van der Waals surface area contributed by atoms with Gasteiger partial charge < -0.3 is 14.6 Å². The van der Waals surface area contributed by atoms with Crippen LogP contribution >= 0.6 is 0 Å². The van der Waals surface area contributed by atoms with Crippen LogP contribution in [0.4, 0.5) is 5.82 Å². The van der Waals surface area contributed by atoms with Gasteiger partial charge in [-0.05, 0) is 45.3 Å². The summed E-state index contributed by atoms with van der Waals surface area (Å²) in [5.41, 5.74) is 0.0891. The zero-order valence-corrected chi connectivity index (χ0v) is 11.1. The second-order valence-corrected chi connectivity index (χ2v) is 5.32. The largest absolute Gasteiger partial charge is 0.495 e. The van der Waals surface area contributed by atoms with Gasteiger partial charge in [-0.25, -0.2) is 4.98 Å². The molecule has 96 valence electrons. The monoisotopic (exact) mass is 248 g/mol. The Labute approximate surface area is 107 Å². The van der Waals surface area contributed by atoms with Crippen LogP contribution < -0.4 is 10.8 Å². The van der Waals surface area contributed by atoms with E-state index < -0.39 is 7.12 Å². The Balaban J connectivity index is 2.24. The first-order valence-electron chi connectivity index (χ1n) is 5.87. The summed E-state index contributed by atoms with van der Waals surface area (Å²) in [6.45, 7) is 8.00. The molecule has 5 nitrogen and oxygen atoms in total. The van der Waals surface area contributed by atoms with Gasteiger partial charge in [0.25, 0.3) is 0 Å². The average Bonchev–Trinajstić information content (AvgIpc) is 2.49. The first-order valence-corrected chi connectivity index (χ1v) is 5.87. The second kappa shape index (κ2) is 4.37. The summed E-state index contributed by atoms with van der Waals surface area (Å²) in [4.78, 5) is 14.4. The number of hydrogen-bond donors (Lipinski definition) is 1. The predicted octanol–water partition coefficient (Wildman–Crippen LogP) is 0.949. The summed E-state index contributed by atoms with van der Waals surface area (Å²) in [6.07, 6.45) is 2.21. The highest BCUT2D eigenvalue weighted by molar-refractivity contribution is 6.62. The van der Waals surface area contributed by atoms with Crippen molar-refractivity contribution in [1.29, 1.82) is 0 Å². The number of anilines is 1. The van der Waals surface area contributed by atoms with Gasteiger partial charge in [-0.3, -0.25) is 4.79 Å². The molecule has 1 fully saturated rings. The van der Waals surface area contributed by atoms with Crippen LogP contribution in [0.15, 0.2) is 18.3 Å². The van der Waals surface area contributed by atoms with Crippen molar-refractivity contribution in [3.8, 4) is 0 Å².